The van der Waals surface area contributed by atoms with Crippen molar-refractivity contribution in [3.05, 3.63) is 28.8 Å². The summed E-state index contributed by atoms with van der Waals surface area (Å²) in [5, 5.41) is 9.99. The maximum absolute atomic E-state index is 11.4. The summed E-state index contributed by atoms with van der Waals surface area (Å²) in [4.78, 5) is 18.4. The zero-order chi connectivity index (χ0) is 19.2. The lowest BCUT2D eigenvalue weighted by molar-refractivity contribution is 0.0321. The van der Waals surface area contributed by atoms with Crippen LogP contribution in [0.1, 0.15) is 22.3 Å². The van der Waals surface area contributed by atoms with Crippen LogP contribution in [0, 0.1) is 0 Å². The van der Waals surface area contributed by atoms with Crippen molar-refractivity contribution in [2.24, 2.45) is 0 Å². The molecule has 1 saturated heterocycles. The Hall–Kier alpha value is -2.16. The van der Waals surface area contributed by atoms with Gasteiger partial charge in [-0.05, 0) is 24.6 Å². The van der Waals surface area contributed by atoms with Gasteiger partial charge in [0.2, 0.25) is 0 Å². The number of morpholine rings is 1. The molecule has 1 fully saturated rings. The van der Waals surface area contributed by atoms with E-state index in [-0.39, 0.29) is 4.88 Å². The van der Waals surface area contributed by atoms with Gasteiger partial charge in [0.25, 0.3) is 0 Å². The monoisotopic (exact) mass is 392 g/mol. The van der Waals surface area contributed by atoms with E-state index in [4.69, 9.17) is 14.2 Å². The first-order chi connectivity index (χ1) is 13.1. The van der Waals surface area contributed by atoms with Gasteiger partial charge in [-0.2, -0.15) is 0 Å². The van der Waals surface area contributed by atoms with Crippen LogP contribution in [0.25, 0.3) is 10.6 Å². The number of carbonyl (C=O) groups is 1. The molecule has 1 aromatic carbocycles. The van der Waals surface area contributed by atoms with Crippen molar-refractivity contribution in [1.82, 2.24) is 9.88 Å². The van der Waals surface area contributed by atoms with Gasteiger partial charge < -0.3 is 19.3 Å². The number of aromatic carboxylic acids is 1. The molecule has 1 aromatic heterocycles. The number of nitrogens with zero attached hydrogens (tertiary/aromatic N) is 2. The minimum absolute atomic E-state index is 0.289. The van der Waals surface area contributed by atoms with Crippen LogP contribution in [0.15, 0.2) is 18.2 Å². The maximum atomic E-state index is 11.4. The second kappa shape index (κ2) is 9.16. The number of aryl methyl sites for hydroxylation is 1. The molecule has 1 N–H and O–H groups in total. The third-order valence-electron chi connectivity index (χ3n) is 4.41. The summed E-state index contributed by atoms with van der Waals surface area (Å²) in [5.41, 5.74) is 1.42. The van der Waals surface area contributed by atoms with Gasteiger partial charge in [-0.25, -0.2) is 9.78 Å². The van der Waals surface area contributed by atoms with Crippen LogP contribution in [-0.4, -0.2) is 67.5 Å². The van der Waals surface area contributed by atoms with Crippen LogP contribution in [0.4, 0.5) is 0 Å². The molecule has 27 heavy (non-hydrogen) atoms. The van der Waals surface area contributed by atoms with Crippen molar-refractivity contribution >= 4 is 17.3 Å². The molecule has 0 spiro atoms. The van der Waals surface area contributed by atoms with Gasteiger partial charge in [0.15, 0.2) is 11.5 Å². The molecule has 2 heterocycles. The van der Waals surface area contributed by atoms with Crippen LogP contribution >= 0.6 is 11.3 Å². The van der Waals surface area contributed by atoms with Crippen molar-refractivity contribution < 1.29 is 24.1 Å². The third-order valence-corrected chi connectivity index (χ3v) is 5.54. The molecule has 2 aromatic rings. The molecule has 0 saturated carbocycles. The Morgan fingerprint density at radius 1 is 1.33 bits per heavy atom. The third kappa shape index (κ3) is 4.77. The Labute approximate surface area is 162 Å². The lowest BCUT2D eigenvalue weighted by Gasteiger charge is -2.26. The maximum Gasteiger partial charge on any atom is 0.347 e. The largest absolute Gasteiger partial charge is 0.493 e. The Morgan fingerprint density at radius 2 is 2.11 bits per heavy atom. The van der Waals surface area contributed by atoms with E-state index in [1.165, 1.54) is 11.3 Å². The molecule has 7 nitrogen and oxygen atoms in total. The number of carboxylic acid groups (broad SMARTS) is 1. The molecule has 0 atom stereocenters. The highest BCUT2D eigenvalue weighted by Crippen LogP contribution is 2.35. The number of thiazole rings is 1. The average Bonchev–Trinajstić information content (AvgIpc) is 3.14. The zero-order valence-electron chi connectivity index (χ0n) is 15.6. The SMILES string of the molecule is CCc1nc(-c2ccc(OCCN3CCOCC3)c(OC)c2)sc1C(=O)O. The molecule has 0 amide bonds. The first-order valence-electron chi connectivity index (χ1n) is 8.96. The van der Waals surface area contributed by atoms with Crippen molar-refractivity contribution in [2.45, 2.75) is 13.3 Å². The first kappa shape index (κ1) is 19.6. The summed E-state index contributed by atoms with van der Waals surface area (Å²) >= 11 is 1.18. The number of hydrogen-bond acceptors (Lipinski definition) is 7. The highest BCUT2D eigenvalue weighted by atomic mass is 32.1. The number of benzene rings is 1. The Bertz CT molecular complexity index is 786. The van der Waals surface area contributed by atoms with E-state index in [2.05, 4.69) is 9.88 Å². The first-order valence-corrected chi connectivity index (χ1v) is 9.78. The number of ether oxygens (including phenoxy) is 3. The van der Waals surface area contributed by atoms with Crippen LogP contribution in [-0.2, 0) is 11.2 Å². The normalized spacial score (nSPS) is 14.9. The lowest BCUT2D eigenvalue weighted by Crippen LogP contribution is -2.38. The summed E-state index contributed by atoms with van der Waals surface area (Å²) in [6.45, 7) is 6.69. The molecule has 0 radical (unpaired) electrons. The van der Waals surface area contributed by atoms with Crippen LogP contribution in [0.5, 0.6) is 11.5 Å². The standard InChI is InChI=1S/C19H24N2O5S/c1-3-14-17(19(22)23)27-18(20-14)13-4-5-15(16(12-13)24-2)26-11-8-21-6-9-25-10-7-21/h4-5,12H,3,6-11H2,1-2H3,(H,22,23). The molecule has 1 aliphatic heterocycles. The number of carboxylic acids is 1. The molecule has 0 unspecified atom stereocenters. The summed E-state index contributed by atoms with van der Waals surface area (Å²) in [6.07, 6.45) is 0.581. The van der Waals surface area contributed by atoms with Gasteiger partial charge in [-0.1, -0.05) is 6.92 Å². The molecule has 3 rings (SSSR count). The zero-order valence-corrected chi connectivity index (χ0v) is 16.4. The van der Waals surface area contributed by atoms with Crippen molar-refractivity contribution in [1.29, 1.82) is 0 Å². The fourth-order valence-electron chi connectivity index (χ4n) is 2.91. The van der Waals surface area contributed by atoms with Gasteiger partial charge in [0.1, 0.15) is 16.5 Å². The van der Waals surface area contributed by atoms with E-state index in [1.807, 2.05) is 25.1 Å². The van der Waals surface area contributed by atoms with Gasteiger partial charge in [0.05, 0.1) is 26.0 Å². The number of methoxy groups -OCH3 is 1. The molecule has 8 heteroatoms. The lowest BCUT2D eigenvalue weighted by atomic mass is 10.2. The van der Waals surface area contributed by atoms with Gasteiger partial charge in [-0.3, -0.25) is 4.90 Å². The minimum atomic E-state index is -0.939. The van der Waals surface area contributed by atoms with E-state index >= 15 is 0 Å². The topological polar surface area (TPSA) is 81.1 Å². The Balaban J connectivity index is 1.71. The van der Waals surface area contributed by atoms with Crippen molar-refractivity contribution in [2.75, 3.05) is 46.6 Å². The van der Waals surface area contributed by atoms with E-state index < -0.39 is 5.97 Å². The average molecular weight is 392 g/mol. The van der Waals surface area contributed by atoms with E-state index in [0.717, 1.165) is 38.4 Å². The van der Waals surface area contributed by atoms with Gasteiger partial charge >= 0.3 is 5.97 Å². The van der Waals surface area contributed by atoms with Gasteiger partial charge in [0, 0.05) is 25.2 Å². The molecular weight excluding hydrogens is 368 g/mol. The van der Waals surface area contributed by atoms with Crippen LogP contribution in [0.2, 0.25) is 0 Å². The van der Waals surface area contributed by atoms with Crippen molar-refractivity contribution in [3.63, 3.8) is 0 Å². The number of aromatic nitrogens is 1. The number of rotatable bonds is 8. The summed E-state index contributed by atoms with van der Waals surface area (Å²) in [6, 6.07) is 5.57. The second-order valence-corrected chi connectivity index (χ2v) is 7.12. The van der Waals surface area contributed by atoms with Crippen LogP contribution in [0.3, 0.4) is 0 Å². The molecule has 1 aliphatic rings. The summed E-state index contributed by atoms with van der Waals surface area (Å²) < 4.78 is 16.7. The smallest absolute Gasteiger partial charge is 0.347 e. The second-order valence-electron chi connectivity index (χ2n) is 6.12. The highest BCUT2D eigenvalue weighted by Gasteiger charge is 2.18. The Kier molecular flexibility index (Phi) is 6.65. The summed E-state index contributed by atoms with van der Waals surface area (Å²) in [5.74, 6) is 0.338. The molecular formula is C19H24N2O5S. The van der Waals surface area contributed by atoms with Crippen molar-refractivity contribution in [3.8, 4) is 22.1 Å². The quantitative estimate of drug-likeness (QED) is 0.740. The highest BCUT2D eigenvalue weighted by molar-refractivity contribution is 7.17. The Morgan fingerprint density at radius 3 is 2.74 bits per heavy atom. The molecule has 146 valence electrons. The fourth-order valence-corrected chi connectivity index (χ4v) is 3.90. The fraction of sp³-hybridized carbons (Fsp3) is 0.474. The number of hydrogen-bond donors (Lipinski definition) is 1. The molecule has 0 aliphatic carbocycles. The minimum Gasteiger partial charge on any atom is -0.493 e. The molecule has 0 bridgehead atoms. The van der Waals surface area contributed by atoms with E-state index in [0.29, 0.717) is 35.2 Å². The summed E-state index contributed by atoms with van der Waals surface area (Å²) in [7, 11) is 1.59. The van der Waals surface area contributed by atoms with Gasteiger partial charge in [-0.15, -0.1) is 11.3 Å². The predicted molar refractivity (Wildman–Crippen MR) is 103 cm³/mol. The van der Waals surface area contributed by atoms with Crippen LogP contribution < -0.4 is 9.47 Å². The van der Waals surface area contributed by atoms with E-state index in [9.17, 15) is 9.90 Å². The van der Waals surface area contributed by atoms with E-state index in [1.54, 1.807) is 7.11 Å². The predicted octanol–water partition coefficient (Wildman–Crippen LogP) is 2.79.